The highest BCUT2D eigenvalue weighted by atomic mass is 127. The minimum atomic E-state index is 0.542. The van der Waals surface area contributed by atoms with Gasteiger partial charge in [-0.25, -0.2) is 9.97 Å². The van der Waals surface area contributed by atoms with E-state index in [1.165, 1.54) is 29.4 Å². The molecule has 4 nitrogen and oxygen atoms in total. The third-order valence-corrected chi connectivity index (χ3v) is 6.50. The summed E-state index contributed by atoms with van der Waals surface area (Å²) >= 11 is 1.99. The molecule has 2 aliphatic rings. The second-order valence-electron chi connectivity index (χ2n) is 8.08. The normalized spacial score (nSPS) is 17.9. The molecule has 1 aliphatic carbocycles. The summed E-state index contributed by atoms with van der Waals surface area (Å²) in [7, 11) is 0. The summed E-state index contributed by atoms with van der Waals surface area (Å²) in [5, 5.41) is 1.19. The summed E-state index contributed by atoms with van der Waals surface area (Å²) in [4.78, 5) is 12.4. The largest absolute Gasteiger partial charge is 0.427 e. The molecular weight excluding hydrogens is 461 g/mol. The second kappa shape index (κ2) is 7.50. The number of piperidine rings is 1. The number of fused-ring (bicyclic) bond motifs is 1. The maximum Gasteiger partial charge on any atom is 0.192 e. The average Bonchev–Trinajstić information content (AvgIpc) is 3.58. The Hall–Kier alpha value is -1.89. The number of nitrogens with zero attached hydrogens (tertiary/aromatic N) is 3. The Kier molecular flexibility index (Phi) is 4.87. The number of para-hydroxylation sites is 1. The van der Waals surface area contributed by atoms with Gasteiger partial charge >= 0.3 is 0 Å². The fraction of sp³-hybridized carbons (Fsp3) is 0.391. The number of rotatable bonds is 4. The van der Waals surface area contributed by atoms with E-state index in [0.717, 1.165) is 48.8 Å². The molecule has 2 aromatic carbocycles. The van der Waals surface area contributed by atoms with Crippen molar-refractivity contribution < 1.29 is 3.07 Å². The van der Waals surface area contributed by atoms with Crippen molar-refractivity contribution in [2.24, 2.45) is 0 Å². The van der Waals surface area contributed by atoms with E-state index in [4.69, 9.17) is 13.0 Å². The third kappa shape index (κ3) is 3.45. The van der Waals surface area contributed by atoms with Gasteiger partial charge < -0.3 is 7.97 Å². The molecule has 0 unspecified atom stereocenters. The molecule has 0 spiro atoms. The highest BCUT2D eigenvalue weighted by molar-refractivity contribution is 14.1. The van der Waals surface area contributed by atoms with E-state index in [1.54, 1.807) is 0 Å². The molecule has 144 valence electrons. The van der Waals surface area contributed by atoms with Crippen molar-refractivity contribution in [1.82, 2.24) is 9.97 Å². The van der Waals surface area contributed by atoms with Gasteiger partial charge in [-0.05, 0) is 62.3 Å². The van der Waals surface area contributed by atoms with Crippen molar-refractivity contribution in [3.63, 3.8) is 0 Å². The van der Waals surface area contributed by atoms with Gasteiger partial charge in [-0.3, -0.25) is 0 Å². The van der Waals surface area contributed by atoms with Crippen molar-refractivity contribution in [2.45, 2.75) is 44.4 Å². The van der Waals surface area contributed by atoms with Gasteiger partial charge in [0.15, 0.2) is 23.0 Å². The van der Waals surface area contributed by atoms with Gasteiger partial charge in [0.05, 0.1) is 5.52 Å². The maximum absolute atomic E-state index is 5.57. The minimum absolute atomic E-state index is 0.542. The van der Waals surface area contributed by atoms with Gasteiger partial charge in [-0.2, -0.15) is 0 Å². The molecule has 0 amide bonds. The predicted octanol–water partition coefficient (Wildman–Crippen LogP) is 5.93. The summed E-state index contributed by atoms with van der Waals surface area (Å²) in [6.45, 7) is 4.18. The number of benzene rings is 2. The van der Waals surface area contributed by atoms with Gasteiger partial charge in [-0.1, -0.05) is 29.8 Å². The molecule has 2 fully saturated rings. The molecular formula is C23H24IN3O. The van der Waals surface area contributed by atoms with E-state index in [9.17, 15) is 0 Å². The number of halogens is 1. The van der Waals surface area contributed by atoms with Crippen LogP contribution in [0.1, 0.15) is 54.5 Å². The lowest BCUT2D eigenvalue weighted by molar-refractivity contribution is 0.494. The maximum atomic E-state index is 5.57. The van der Waals surface area contributed by atoms with Gasteiger partial charge in [0, 0.05) is 24.4 Å². The standard InChI is InChI=1S/C23H24IN3O/c1-15-6-9-20-19(14-15)23(26-22(25-20)17-7-8-17)27-12-10-16(11-13-27)18-4-2-3-5-21(18)28-24/h2-6,9,14,16-17H,7-8,10-13H2,1H3. The van der Waals surface area contributed by atoms with Crippen LogP contribution in [0.5, 0.6) is 5.75 Å². The molecule has 1 aliphatic heterocycles. The van der Waals surface area contributed by atoms with Crippen molar-refractivity contribution in [3.8, 4) is 5.75 Å². The number of hydrogen-bond donors (Lipinski definition) is 0. The summed E-state index contributed by atoms with van der Waals surface area (Å²) in [6, 6.07) is 15.0. The smallest absolute Gasteiger partial charge is 0.192 e. The lowest BCUT2D eigenvalue weighted by Crippen LogP contribution is -2.34. The fourth-order valence-corrected chi connectivity index (χ4v) is 4.70. The van der Waals surface area contributed by atoms with Crippen LogP contribution in [0.2, 0.25) is 0 Å². The topological polar surface area (TPSA) is 38.2 Å². The van der Waals surface area contributed by atoms with Gasteiger partial charge in [0.1, 0.15) is 17.4 Å². The Morgan fingerprint density at radius 3 is 2.50 bits per heavy atom. The van der Waals surface area contributed by atoms with Crippen LogP contribution in [-0.4, -0.2) is 23.1 Å². The molecule has 1 saturated carbocycles. The van der Waals surface area contributed by atoms with Crippen molar-refractivity contribution >= 4 is 39.7 Å². The molecule has 0 radical (unpaired) electrons. The molecule has 0 bridgehead atoms. The minimum Gasteiger partial charge on any atom is -0.427 e. The number of hydrogen-bond acceptors (Lipinski definition) is 4. The zero-order valence-electron chi connectivity index (χ0n) is 16.1. The Morgan fingerprint density at radius 1 is 0.964 bits per heavy atom. The lowest BCUT2D eigenvalue weighted by Gasteiger charge is -2.34. The monoisotopic (exact) mass is 485 g/mol. The third-order valence-electron chi connectivity index (χ3n) is 6.03. The van der Waals surface area contributed by atoms with E-state index in [0.29, 0.717) is 11.8 Å². The summed E-state index contributed by atoms with van der Waals surface area (Å²) in [5.41, 5.74) is 3.68. The molecule has 5 heteroatoms. The van der Waals surface area contributed by atoms with Gasteiger partial charge in [0.25, 0.3) is 0 Å². The quantitative estimate of drug-likeness (QED) is 0.430. The first kappa shape index (κ1) is 18.2. The molecule has 1 saturated heterocycles. The fourth-order valence-electron chi connectivity index (χ4n) is 4.30. The lowest BCUT2D eigenvalue weighted by atomic mass is 9.89. The zero-order chi connectivity index (χ0) is 19.1. The van der Waals surface area contributed by atoms with Crippen molar-refractivity contribution in [2.75, 3.05) is 18.0 Å². The number of anilines is 1. The molecule has 0 N–H and O–H groups in total. The molecule has 1 aromatic heterocycles. The highest BCUT2D eigenvalue weighted by Gasteiger charge is 2.30. The summed E-state index contributed by atoms with van der Waals surface area (Å²) in [5.74, 6) is 4.28. The highest BCUT2D eigenvalue weighted by Crippen LogP contribution is 2.41. The van der Waals surface area contributed by atoms with Crippen LogP contribution in [0, 0.1) is 6.92 Å². The molecule has 2 heterocycles. The molecule has 0 atom stereocenters. The first-order chi connectivity index (χ1) is 13.7. The second-order valence-corrected chi connectivity index (χ2v) is 8.52. The predicted molar refractivity (Wildman–Crippen MR) is 122 cm³/mol. The van der Waals surface area contributed by atoms with Crippen LogP contribution in [0.15, 0.2) is 42.5 Å². The summed E-state index contributed by atoms with van der Waals surface area (Å²) < 4.78 is 5.57. The Balaban J connectivity index is 1.44. The van der Waals surface area contributed by atoms with Gasteiger partial charge in [0.2, 0.25) is 0 Å². The van der Waals surface area contributed by atoms with E-state index in [2.05, 4.69) is 48.2 Å². The average molecular weight is 485 g/mol. The van der Waals surface area contributed by atoms with E-state index >= 15 is 0 Å². The SMILES string of the molecule is Cc1ccc2nc(C3CC3)nc(N3CCC(c4ccccc4OI)CC3)c2c1. The van der Waals surface area contributed by atoms with Crippen molar-refractivity contribution in [3.05, 3.63) is 59.4 Å². The Bertz CT molecular complexity index is 1010. The van der Waals surface area contributed by atoms with Crippen LogP contribution < -0.4 is 7.97 Å². The first-order valence-corrected chi connectivity index (χ1v) is 11.0. The number of aryl methyl sites for hydroxylation is 1. The van der Waals surface area contributed by atoms with Crippen LogP contribution in [0.3, 0.4) is 0 Å². The van der Waals surface area contributed by atoms with Crippen LogP contribution >= 0.6 is 23.0 Å². The van der Waals surface area contributed by atoms with E-state index in [-0.39, 0.29) is 0 Å². The van der Waals surface area contributed by atoms with Crippen molar-refractivity contribution in [1.29, 1.82) is 0 Å². The molecule has 28 heavy (non-hydrogen) atoms. The molecule has 3 aromatic rings. The summed E-state index contributed by atoms with van der Waals surface area (Å²) in [6.07, 6.45) is 4.69. The zero-order valence-corrected chi connectivity index (χ0v) is 18.2. The Labute approximate surface area is 180 Å². The van der Waals surface area contributed by atoms with Crippen LogP contribution in [-0.2, 0) is 0 Å². The first-order valence-electron chi connectivity index (χ1n) is 10.1. The van der Waals surface area contributed by atoms with E-state index in [1.807, 2.05) is 29.1 Å². The molecule has 5 rings (SSSR count). The van der Waals surface area contributed by atoms with Crippen LogP contribution in [0.25, 0.3) is 10.9 Å². The Morgan fingerprint density at radius 2 is 1.75 bits per heavy atom. The number of aromatic nitrogens is 2. The van der Waals surface area contributed by atoms with Gasteiger partial charge in [-0.15, -0.1) is 0 Å². The van der Waals surface area contributed by atoms with E-state index < -0.39 is 0 Å². The van der Waals surface area contributed by atoms with Crippen LogP contribution in [0.4, 0.5) is 5.82 Å².